The largest absolute Gasteiger partial charge is 0.360 e. The van der Waals surface area contributed by atoms with Gasteiger partial charge in [-0.2, -0.15) is 10.4 Å². The molecule has 0 amide bonds. The van der Waals surface area contributed by atoms with Crippen molar-refractivity contribution >= 4 is 8.07 Å². The molecule has 1 aromatic heterocycles. The summed E-state index contributed by atoms with van der Waals surface area (Å²) in [5.41, 5.74) is 1.70. The Morgan fingerprint density at radius 3 is 2.82 bits per heavy atom. The van der Waals surface area contributed by atoms with E-state index in [4.69, 9.17) is 10.00 Å². The van der Waals surface area contributed by atoms with Crippen LogP contribution in [0, 0.1) is 17.1 Å². The molecule has 0 saturated carbocycles. The van der Waals surface area contributed by atoms with E-state index in [0.29, 0.717) is 30.0 Å². The summed E-state index contributed by atoms with van der Waals surface area (Å²) in [6.45, 7) is 7.98. The molecule has 4 nitrogen and oxygen atoms in total. The topological polar surface area (TPSA) is 50.8 Å². The normalized spacial score (nSPS) is 11.4. The molecule has 6 heteroatoms. The molecular formula is C16H20FN3OSi. The van der Waals surface area contributed by atoms with E-state index in [1.54, 1.807) is 17.1 Å². The van der Waals surface area contributed by atoms with Crippen molar-refractivity contribution < 1.29 is 9.13 Å². The first kappa shape index (κ1) is 16.4. The van der Waals surface area contributed by atoms with E-state index in [1.807, 2.05) is 0 Å². The van der Waals surface area contributed by atoms with E-state index < -0.39 is 8.07 Å². The Hall–Kier alpha value is -1.97. The fourth-order valence-electron chi connectivity index (χ4n) is 1.96. The molecule has 0 spiro atoms. The van der Waals surface area contributed by atoms with Crippen molar-refractivity contribution in [1.82, 2.24) is 9.78 Å². The second kappa shape index (κ2) is 6.86. The van der Waals surface area contributed by atoms with Crippen LogP contribution in [0.25, 0.3) is 11.1 Å². The number of rotatable bonds is 6. The van der Waals surface area contributed by atoms with Crippen molar-refractivity contribution in [2.45, 2.75) is 32.4 Å². The Kier molecular flexibility index (Phi) is 5.11. The molecule has 0 aliphatic rings. The van der Waals surface area contributed by atoms with Crippen LogP contribution in [0.3, 0.4) is 0 Å². The summed E-state index contributed by atoms with van der Waals surface area (Å²) >= 11 is 0. The Balaban J connectivity index is 2.03. The van der Waals surface area contributed by atoms with Gasteiger partial charge in [-0.05, 0) is 24.2 Å². The van der Waals surface area contributed by atoms with Gasteiger partial charge in [-0.25, -0.2) is 9.07 Å². The van der Waals surface area contributed by atoms with Crippen LogP contribution in [0.15, 0.2) is 30.6 Å². The highest BCUT2D eigenvalue weighted by Gasteiger charge is 2.12. The predicted molar refractivity (Wildman–Crippen MR) is 86.4 cm³/mol. The zero-order valence-electron chi connectivity index (χ0n) is 13.1. The van der Waals surface area contributed by atoms with Gasteiger partial charge < -0.3 is 4.74 Å². The van der Waals surface area contributed by atoms with E-state index in [9.17, 15) is 4.39 Å². The Bertz CT molecular complexity index is 685. The quantitative estimate of drug-likeness (QED) is 0.600. The lowest BCUT2D eigenvalue weighted by Gasteiger charge is -2.15. The minimum Gasteiger partial charge on any atom is -0.360 e. The van der Waals surface area contributed by atoms with Gasteiger partial charge in [0.2, 0.25) is 0 Å². The standard InChI is InChI=1S/C16H20FN3OSi/c1-22(2,3)7-6-21-12-20-11-14(10-19-20)16-8-15(17)5-4-13(16)9-18/h4-5,8,10-11H,6-7,12H2,1-3H3. The summed E-state index contributed by atoms with van der Waals surface area (Å²) in [6, 6.07) is 7.29. The van der Waals surface area contributed by atoms with Crippen molar-refractivity contribution in [3.8, 4) is 17.2 Å². The molecule has 116 valence electrons. The summed E-state index contributed by atoms with van der Waals surface area (Å²) in [5.74, 6) is -0.367. The molecule has 0 atom stereocenters. The lowest BCUT2D eigenvalue weighted by Crippen LogP contribution is -2.22. The number of hydrogen-bond donors (Lipinski definition) is 0. The van der Waals surface area contributed by atoms with Crippen molar-refractivity contribution in [2.24, 2.45) is 0 Å². The molecule has 2 aromatic rings. The average molecular weight is 317 g/mol. The van der Waals surface area contributed by atoms with Crippen LogP contribution in [-0.4, -0.2) is 24.5 Å². The van der Waals surface area contributed by atoms with Gasteiger partial charge >= 0.3 is 0 Å². The van der Waals surface area contributed by atoms with Gasteiger partial charge in [0.1, 0.15) is 12.5 Å². The minimum absolute atomic E-state index is 0.363. The van der Waals surface area contributed by atoms with Gasteiger partial charge in [0.25, 0.3) is 0 Å². The first-order chi connectivity index (χ1) is 10.4. The fourth-order valence-corrected chi connectivity index (χ4v) is 2.72. The lowest BCUT2D eigenvalue weighted by molar-refractivity contribution is 0.0786. The van der Waals surface area contributed by atoms with Crippen LogP contribution in [0.4, 0.5) is 4.39 Å². The molecule has 22 heavy (non-hydrogen) atoms. The Labute approximate surface area is 131 Å². The molecule has 0 radical (unpaired) electrons. The van der Waals surface area contributed by atoms with E-state index >= 15 is 0 Å². The number of halogens is 1. The molecule has 0 unspecified atom stereocenters. The monoisotopic (exact) mass is 317 g/mol. The average Bonchev–Trinajstić information content (AvgIpc) is 2.91. The highest BCUT2D eigenvalue weighted by molar-refractivity contribution is 6.76. The third kappa shape index (κ3) is 4.51. The fraction of sp³-hybridized carbons (Fsp3) is 0.375. The van der Waals surface area contributed by atoms with Crippen molar-refractivity contribution in [2.75, 3.05) is 6.61 Å². The molecular weight excluding hydrogens is 297 g/mol. The third-order valence-corrected chi connectivity index (χ3v) is 4.97. The molecule has 2 rings (SSSR count). The van der Waals surface area contributed by atoms with Crippen molar-refractivity contribution in [3.63, 3.8) is 0 Å². The highest BCUT2D eigenvalue weighted by atomic mass is 28.3. The van der Waals surface area contributed by atoms with E-state index in [-0.39, 0.29) is 5.82 Å². The first-order valence-corrected chi connectivity index (χ1v) is 10.9. The van der Waals surface area contributed by atoms with Gasteiger partial charge in [-0.3, -0.25) is 0 Å². The Morgan fingerprint density at radius 2 is 2.14 bits per heavy atom. The summed E-state index contributed by atoms with van der Waals surface area (Å²) < 4.78 is 20.7. The van der Waals surface area contributed by atoms with Gasteiger partial charge in [-0.15, -0.1) is 0 Å². The summed E-state index contributed by atoms with van der Waals surface area (Å²) in [7, 11) is -1.09. The Morgan fingerprint density at radius 1 is 1.36 bits per heavy atom. The van der Waals surface area contributed by atoms with E-state index in [1.165, 1.54) is 18.2 Å². The number of benzene rings is 1. The van der Waals surface area contributed by atoms with Crippen LogP contribution in [0.5, 0.6) is 0 Å². The summed E-state index contributed by atoms with van der Waals surface area (Å²) in [4.78, 5) is 0. The lowest BCUT2D eigenvalue weighted by atomic mass is 10.0. The molecule has 0 bridgehead atoms. The molecule has 1 heterocycles. The van der Waals surface area contributed by atoms with Crippen LogP contribution in [0.1, 0.15) is 5.56 Å². The summed E-state index contributed by atoms with van der Waals surface area (Å²) in [5, 5.41) is 13.3. The summed E-state index contributed by atoms with van der Waals surface area (Å²) in [6.07, 6.45) is 3.39. The SMILES string of the molecule is C[Si](C)(C)CCOCn1cc(-c2cc(F)ccc2C#N)cn1. The zero-order chi connectivity index (χ0) is 16.2. The molecule has 0 N–H and O–H groups in total. The molecule has 1 aromatic carbocycles. The number of ether oxygens (including phenoxy) is 1. The first-order valence-electron chi connectivity index (χ1n) is 7.19. The number of hydrogen-bond acceptors (Lipinski definition) is 3. The van der Waals surface area contributed by atoms with Crippen LogP contribution >= 0.6 is 0 Å². The number of nitrogens with zero attached hydrogens (tertiary/aromatic N) is 3. The van der Waals surface area contributed by atoms with Crippen LogP contribution in [0.2, 0.25) is 25.7 Å². The zero-order valence-corrected chi connectivity index (χ0v) is 14.1. The smallest absolute Gasteiger partial charge is 0.139 e. The maximum absolute atomic E-state index is 13.4. The van der Waals surface area contributed by atoms with Crippen molar-refractivity contribution in [1.29, 1.82) is 5.26 Å². The van der Waals surface area contributed by atoms with Gasteiger partial charge in [-0.1, -0.05) is 19.6 Å². The van der Waals surface area contributed by atoms with Gasteiger partial charge in [0, 0.05) is 32.0 Å². The van der Waals surface area contributed by atoms with Crippen LogP contribution in [-0.2, 0) is 11.5 Å². The van der Waals surface area contributed by atoms with Crippen LogP contribution < -0.4 is 0 Å². The minimum atomic E-state index is -1.09. The highest BCUT2D eigenvalue weighted by Crippen LogP contribution is 2.23. The molecule has 0 fully saturated rings. The van der Waals surface area contributed by atoms with Gasteiger partial charge in [0.15, 0.2) is 0 Å². The van der Waals surface area contributed by atoms with Crippen molar-refractivity contribution in [3.05, 3.63) is 42.0 Å². The maximum Gasteiger partial charge on any atom is 0.139 e. The number of nitriles is 1. The molecule has 0 aliphatic carbocycles. The molecule has 0 aliphatic heterocycles. The van der Waals surface area contributed by atoms with Gasteiger partial charge in [0.05, 0.1) is 17.8 Å². The maximum atomic E-state index is 13.4. The molecule has 0 saturated heterocycles. The third-order valence-electron chi connectivity index (χ3n) is 3.27. The second-order valence-electron chi connectivity index (χ2n) is 6.42. The second-order valence-corrected chi connectivity index (χ2v) is 12.0. The van der Waals surface area contributed by atoms with E-state index in [0.717, 1.165) is 6.04 Å². The number of aromatic nitrogens is 2. The predicted octanol–water partition coefficient (Wildman–Crippen LogP) is 3.87. The van der Waals surface area contributed by atoms with E-state index in [2.05, 4.69) is 30.8 Å².